The van der Waals surface area contributed by atoms with Crippen LogP contribution in [0.4, 0.5) is 0 Å². The predicted molar refractivity (Wildman–Crippen MR) is 58.3 cm³/mol. The minimum atomic E-state index is 0.408. The Morgan fingerprint density at radius 3 is 3.20 bits per heavy atom. The second-order valence-corrected chi connectivity index (χ2v) is 4.05. The fourth-order valence-electron chi connectivity index (χ4n) is 1.94. The Morgan fingerprint density at radius 2 is 2.47 bits per heavy atom. The molecule has 1 aliphatic rings. The molecule has 2 heterocycles. The van der Waals surface area contributed by atoms with Crippen LogP contribution in [0.3, 0.4) is 0 Å². The number of nitrogens with two attached hydrogens (primary N) is 1. The zero-order valence-corrected chi connectivity index (χ0v) is 9.02. The Bertz CT molecular complexity index is 290. The highest BCUT2D eigenvalue weighted by atomic mass is 15.4. The van der Waals surface area contributed by atoms with Crippen molar-refractivity contribution >= 4 is 0 Å². The first kappa shape index (κ1) is 10.6. The molecule has 1 saturated heterocycles. The van der Waals surface area contributed by atoms with Gasteiger partial charge in [-0.25, -0.2) is 0 Å². The standard InChI is InChI=1S/C10H19N5/c11-5-3-7-15-8-10(13-14-15)9-4-1-2-6-12-9/h8-9,12H,1-7,11H2. The smallest absolute Gasteiger partial charge is 0.0996 e. The van der Waals surface area contributed by atoms with Crippen LogP contribution in [0.15, 0.2) is 6.20 Å². The Labute approximate surface area is 90.0 Å². The third kappa shape index (κ3) is 2.76. The Kier molecular flexibility index (Phi) is 3.69. The van der Waals surface area contributed by atoms with Crippen molar-refractivity contribution in [1.82, 2.24) is 20.3 Å². The second kappa shape index (κ2) is 5.23. The van der Waals surface area contributed by atoms with E-state index >= 15 is 0 Å². The van der Waals surface area contributed by atoms with Crippen molar-refractivity contribution in [3.05, 3.63) is 11.9 Å². The number of piperidine rings is 1. The zero-order valence-electron chi connectivity index (χ0n) is 9.02. The van der Waals surface area contributed by atoms with E-state index in [4.69, 9.17) is 5.73 Å². The molecule has 5 nitrogen and oxygen atoms in total. The van der Waals surface area contributed by atoms with Gasteiger partial charge in [0.2, 0.25) is 0 Å². The molecule has 5 heteroatoms. The fourth-order valence-corrected chi connectivity index (χ4v) is 1.94. The molecule has 0 bridgehead atoms. The van der Waals surface area contributed by atoms with E-state index in [1.54, 1.807) is 0 Å². The number of nitrogens with zero attached hydrogens (tertiary/aromatic N) is 3. The van der Waals surface area contributed by atoms with Crippen molar-refractivity contribution in [1.29, 1.82) is 0 Å². The van der Waals surface area contributed by atoms with Gasteiger partial charge in [-0.15, -0.1) is 5.10 Å². The van der Waals surface area contributed by atoms with Crippen LogP contribution in [0.5, 0.6) is 0 Å². The van der Waals surface area contributed by atoms with E-state index in [1.165, 1.54) is 19.3 Å². The summed E-state index contributed by atoms with van der Waals surface area (Å²) in [5.41, 5.74) is 6.53. The maximum absolute atomic E-state index is 5.45. The molecule has 0 aliphatic carbocycles. The van der Waals surface area contributed by atoms with Gasteiger partial charge in [0, 0.05) is 6.54 Å². The molecule has 0 aromatic carbocycles. The molecule has 0 amide bonds. The molecule has 1 fully saturated rings. The van der Waals surface area contributed by atoms with Gasteiger partial charge in [0.1, 0.15) is 0 Å². The van der Waals surface area contributed by atoms with E-state index < -0.39 is 0 Å². The van der Waals surface area contributed by atoms with E-state index in [2.05, 4.69) is 15.6 Å². The largest absolute Gasteiger partial charge is 0.330 e. The summed E-state index contributed by atoms with van der Waals surface area (Å²) < 4.78 is 1.89. The Hall–Kier alpha value is -0.940. The maximum atomic E-state index is 5.45. The molecule has 84 valence electrons. The van der Waals surface area contributed by atoms with Gasteiger partial charge in [-0.2, -0.15) is 0 Å². The fraction of sp³-hybridized carbons (Fsp3) is 0.800. The van der Waals surface area contributed by atoms with Crippen molar-refractivity contribution < 1.29 is 0 Å². The van der Waals surface area contributed by atoms with Crippen molar-refractivity contribution in [3.63, 3.8) is 0 Å². The van der Waals surface area contributed by atoms with Gasteiger partial charge in [0.25, 0.3) is 0 Å². The highest BCUT2D eigenvalue weighted by molar-refractivity contribution is 5.01. The van der Waals surface area contributed by atoms with Crippen molar-refractivity contribution in [2.75, 3.05) is 13.1 Å². The normalized spacial score (nSPS) is 21.8. The van der Waals surface area contributed by atoms with Crippen LogP contribution in [-0.4, -0.2) is 28.1 Å². The average molecular weight is 209 g/mol. The molecular formula is C10H19N5. The van der Waals surface area contributed by atoms with Crippen molar-refractivity contribution in [2.45, 2.75) is 38.3 Å². The lowest BCUT2D eigenvalue weighted by molar-refractivity contribution is 0.405. The second-order valence-electron chi connectivity index (χ2n) is 4.05. The topological polar surface area (TPSA) is 68.8 Å². The maximum Gasteiger partial charge on any atom is 0.0996 e. The molecule has 1 unspecified atom stereocenters. The summed E-state index contributed by atoms with van der Waals surface area (Å²) in [6.07, 6.45) is 6.74. The molecule has 1 aliphatic heterocycles. The summed E-state index contributed by atoms with van der Waals surface area (Å²) in [7, 11) is 0. The van der Waals surface area contributed by atoms with Gasteiger partial charge in [-0.3, -0.25) is 4.68 Å². The van der Waals surface area contributed by atoms with Crippen LogP contribution in [0, 0.1) is 0 Å². The van der Waals surface area contributed by atoms with Crippen molar-refractivity contribution in [2.24, 2.45) is 5.73 Å². The summed E-state index contributed by atoms with van der Waals surface area (Å²) in [6, 6.07) is 0.408. The highest BCUT2D eigenvalue weighted by Crippen LogP contribution is 2.20. The third-order valence-electron chi connectivity index (χ3n) is 2.82. The summed E-state index contributed by atoms with van der Waals surface area (Å²) in [5, 5.41) is 11.8. The van der Waals surface area contributed by atoms with Crippen LogP contribution < -0.4 is 11.1 Å². The lowest BCUT2D eigenvalue weighted by Crippen LogP contribution is -2.27. The number of hydrogen-bond acceptors (Lipinski definition) is 4. The molecule has 3 N–H and O–H groups in total. The summed E-state index contributed by atoms with van der Waals surface area (Å²) in [5.74, 6) is 0. The van der Waals surface area contributed by atoms with Gasteiger partial charge >= 0.3 is 0 Å². The predicted octanol–water partition coefficient (Wildman–Crippen LogP) is 0.441. The van der Waals surface area contributed by atoms with Crippen LogP contribution >= 0.6 is 0 Å². The van der Waals surface area contributed by atoms with Gasteiger partial charge in [0.15, 0.2) is 0 Å². The number of aryl methyl sites for hydroxylation is 1. The molecule has 0 radical (unpaired) electrons. The monoisotopic (exact) mass is 209 g/mol. The van der Waals surface area contributed by atoms with Crippen LogP contribution in [0.1, 0.15) is 37.4 Å². The molecule has 1 atom stereocenters. The summed E-state index contributed by atoms with van der Waals surface area (Å²) >= 11 is 0. The van der Waals surface area contributed by atoms with Gasteiger partial charge in [-0.05, 0) is 32.4 Å². The van der Waals surface area contributed by atoms with Crippen LogP contribution in [0.2, 0.25) is 0 Å². The Morgan fingerprint density at radius 1 is 1.53 bits per heavy atom. The summed E-state index contributed by atoms with van der Waals surface area (Å²) in [6.45, 7) is 2.67. The Balaban J connectivity index is 1.93. The average Bonchev–Trinajstić information content (AvgIpc) is 2.76. The summed E-state index contributed by atoms with van der Waals surface area (Å²) in [4.78, 5) is 0. The van der Waals surface area contributed by atoms with E-state index in [0.29, 0.717) is 12.6 Å². The van der Waals surface area contributed by atoms with E-state index in [1.807, 2.05) is 10.9 Å². The number of rotatable bonds is 4. The molecule has 2 rings (SSSR count). The first-order chi connectivity index (χ1) is 7.40. The third-order valence-corrected chi connectivity index (χ3v) is 2.82. The molecule has 15 heavy (non-hydrogen) atoms. The lowest BCUT2D eigenvalue weighted by atomic mass is 10.0. The minimum absolute atomic E-state index is 0.408. The molecule has 0 spiro atoms. The minimum Gasteiger partial charge on any atom is -0.330 e. The number of aromatic nitrogens is 3. The van der Waals surface area contributed by atoms with Crippen LogP contribution in [-0.2, 0) is 6.54 Å². The first-order valence-corrected chi connectivity index (χ1v) is 5.73. The SMILES string of the molecule is NCCCn1cc(C2CCCCN2)nn1. The van der Waals surface area contributed by atoms with E-state index in [0.717, 1.165) is 25.2 Å². The number of nitrogens with one attached hydrogen (secondary N) is 1. The van der Waals surface area contributed by atoms with E-state index in [-0.39, 0.29) is 0 Å². The lowest BCUT2D eigenvalue weighted by Gasteiger charge is -2.20. The molecule has 0 saturated carbocycles. The van der Waals surface area contributed by atoms with E-state index in [9.17, 15) is 0 Å². The van der Waals surface area contributed by atoms with Crippen molar-refractivity contribution in [3.8, 4) is 0 Å². The van der Waals surface area contributed by atoms with Gasteiger partial charge in [0.05, 0.1) is 17.9 Å². The zero-order chi connectivity index (χ0) is 10.5. The van der Waals surface area contributed by atoms with Crippen LogP contribution in [0.25, 0.3) is 0 Å². The van der Waals surface area contributed by atoms with Gasteiger partial charge in [-0.1, -0.05) is 11.6 Å². The van der Waals surface area contributed by atoms with Gasteiger partial charge < -0.3 is 11.1 Å². The quantitative estimate of drug-likeness (QED) is 0.755. The number of hydrogen-bond donors (Lipinski definition) is 2. The molecule has 1 aromatic heterocycles. The molecular weight excluding hydrogens is 190 g/mol. The first-order valence-electron chi connectivity index (χ1n) is 5.73. The molecule has 1 aromatic rings. The highest BCUT2D eigenvalue weighted by Gasteiger charge is 2.17.